The standard InChI is InChI=1S/C21H19F3N2O6/c22-21(23,24)14-6-8-15(9-7-14)25-19(29)4-2-1-3-16(27)10-5-13-11-17(26(31)32)20(30)18(28)12-13/h5-12,28,30H,1-4H2,(H,25,29)/b10-5+. The lowest BCUT2D eigenvalue weighted by Gasteiger charge is -2.08. The number of hydrogen-bond donors (Lipinski definition) is 3. The smallest absolute Gasteiger partial charge is 0.416 e. The highest BCUT2D eigenvalue weighted by Crippen LogP contribution is 2.36. The SMILES string of the molecule is O=C(/C=C/c1cc(O)c(O)c([N+](=O)[O-])c1)CCCCC(=O)Nc1ccc(C(F)(F)F)cc1. The van der Waals surface area contributed by atoms with Gasteiger partial charge < -0.3 is 15.5 Å². The summed E-state index contributed by atoms with van der Waals surface area (Å²) in [7, 11) is 0. The van der Waals surface area contributed by atoms with Crippen LogP contribution in [0.4, 0.5) is 24.5 Å². The average Bonchev–Trinajstić information content (AvgIpc) is 2.71. The minimum absolute atomic E-state index is 0.0655. The molecular formula is C21H19F3N2O6. The van der Waals surface area contributed by atoms with Gasteiger partial charge in [-0.3, -0.25) is 19.7 Å². The summed E-state index contributed by atoms with van der Waals surface area (Å²) in [6.07, 6.45) is -1.15. The number of benzene rings is 2. The summed E-state index contributed by atoms with van der Waals surface area (Å²) >= 11 is 0. The molecule has 0 atom stereocenters. The van der Waals surface area contributed by atoms with E-state index in [2.05, 4.69) is 5.32 Å². The molecular weight excluding hydrogens is 433 g/mol. The van der Waals surface area contributed by atoms with E-state index >= 15 is 0 Å². The van der Waals surface area contributed by atoms with Gasteiger partial charge in [-0.25, -0.2) is 0 Å². The van der Waals surface area contributed by atoms with Gasteiger partial charge in [0.2, 0.25) is 11.7 Å². The Bertz CT molecular complexity index is 1030. The highest BCUT2D eigenvalue weighted by Gasteiger charge is 2.30. The van der Waals surface area contributed by atoms with Crippen molar-refractivity contribution in [3.8, 4) is 11.5 Å². The van der Waals surface area contributed by atoms with Crippen molar-refractivity contribution < 1.29 is 37.9 Å². The number of allylic oxidation sites excluding steroid dienone is 1. The number of ketones is 1. The summed E-state index contributed by atoms with van der Waals surface area (Å²) in [6, 6.07) is 6.11. The number of aromatic hydroxyl groups is 2. The summed E-state index contributed by atoms with van der Waals surface area (Å²) in [6.45, 7) is 0. The van der Waals surface area contributed by atoms with Crippen molar-refractivity contribution in [3.63, 3.8) is 0 Å². The molecule has 3 N–H and O–H groups in total. The lowest BCUT2D eigenvalue weighted by atomic mass is 10.1. The van der Waals surface area contributed by atoms with Crippen LogP contribution in [0.15, 0.2) is 42.5 Å². The Morgan fingerprint density at radius 2 is 1.69 bits per heavy atom. The quantitative estimate of drug-likeness (QED) is 0.165. The maximum absolute atomic E-state index is 12.5. The predicted octanol–water partition coefficient (Wildman–Crippen LogP) is 4.81. The Kier molecular flexibility index (Phi) is 7.94. The number of amides is 1. The van der Waals surface area contributed by atoms with Crippen LogP contribution in [0.5, 0.6) is 11.5 Å². The van der Waals surface area contributed by atoms with Gasteiger partial charge >= 0.3 is 11.9 Å². The topological polar surface area (TPSA) is 130 Å². The van der Waals surface area contributed by atoms with Gasteiger partial charge in [0.1, 0.15) is 0 Å². The van der Waals surface area contributed by atoms with Gasteiger partial charge in [-0.2, -0.15) is 13.2 Å². The first-order valence-electron chi connectivity index (χ1n) is 9.36. The fourth-order valence-corrected chi connectivity index (χ4v) is 2.68. The number of anilines is 1. The first-order chi connectivity index (χ1) is 15.0. The molecule has 32 heavy (non-hydrogen) atoms. The van der Waals surface area contributed by atoms with Gasteiger partial charge in [0.15, 0.2) is 11.5 Å². The third-order valence-electron chi connectivity index (χ3n) is 4.32. The molecule has 0 unspecified atom stereocenters. The molecule has 1 amide bonds. The van der Waals surface area contributed by atoms with E-state index in [-0.39, 0.29) is 29.9 Å². The van der Waals surface area contributed by atoms with Crippen molar-refractivity contribution in [2.45, 2.75) is 31.9 Å². The number of phenolic OH excluding ortho intramolecular Hbond substituents is 2. The molecule has 8 nitrogen and oxygen atoms in total. The number of nitrogens with zero attached hydrogens (tertiary/aromatic N) is 1. The number of carbonyl (C=O) groups excluding carboxylic acids is 2. The zero-order valence-electron chi connectivity index (χ0n) is 16.6. The van der Waals surface area contributed by atoms with Crippen LogP contribution in [-0.2, 0) is 15.8 Å². The van der Waals surface area contributed by atoms with E-state index in [1.54, 1.807) is 0 Å². The number of nitro benzene ring substituents is 1. The summed E-state index contributed by atoms with van der Waals surface area (Å²) in [5, 5.41) is 32.3. The molecule has 0 aliphatic carbocycles. The molecule has 0 aliphatic rings. The van der Waals surface area contributed by atoms with Gasteiger partial charge in [0, 0.05) is 24.6 Å². The molecule has 170 valence electrons. The molecule has 2 aromatic rings. The number of nitrogens with one attached hydrogen (secondary N) is 1. The molecule has 0 fully saturated rings. The lowest BCUT2D eigenvalue weighted by molar-refractivity contribution is -0.386. The van der Waals surface area contributed by atoms with E-state index < -0.39 is 39.8 Å². The number of carbonyl (C=O) groups is 2. The van der Waals surface area contributed by atoms with E-state index in [0.29, 0.717) is 12.8 Å². The van der Waals surface area contributed by atoms with Crippen molar-refractivity contribution in [2.75, 3.05) is 5.32 Å². The van der Waals surface area contributed by atoms with Crippen molar-refractivity contribution in [1.82, 2.24) is 0 Å². The Balaban J connectivity index is 1.77. The Morgan fingerprint density at radius 3 is 2.28 bits per heavy atom. The lowest BCUT2D eigenvalue weighted by Crippen LogP contribution is -2.12. The van der Waals surface area contributed by atoms with Crippen LogP contribution < -0.4 is 5.32 Å². The molecule has 0 aliphatic heterocycles. The normalized spacial score (nSPS) is 11.5. The number of rotatable bonds is 9. The molecule has 0 saturated carbocycles. The summed E-state index contributed by atoms with van der Waals surface area (Å²) < 4.78 is 37.6. The van der Waals surface area contributed by atoms with Gasteiger partial charge in [0.05, 0.1) is 10.5 Å². The summed E-state index contributed by atoms with van der Waals surface area (Å²) in [5.74, 6) is -2.28. The van der Waals surface area contributed by atoms with Gasteiger partial charge in [-0.05, 0) is 54.8 Å². The van der Waals surface area contributed by atoms with Crippen molar-refractivity contribution in [1.29, 1.82) is 0 Å². The highest BCUT2D eigenvalue weighted by atomic mass is 19.4. The van der Waals surface area contributed by atoms with E-state index in [1.807, 2.05) is 0 Å². The van der Waals surface area contributed by atoms with Crippen LogP contribution in [0.25, 0.3) is 6.08 Å². The van der Waals surface area contributed by atoms with Crippen LogP contribution in [0.2, 0.25) is 0 Å². The Morgan fingerprint density at radius 1 is 1.06 bits per heavy atom. The minimum atomic E-state index is -4.46. The molecule has 0 saturated heterocycles. The van der Waals surface area contributed by atoms with Crippen molar-refractivity contribution in [2.24, 2.45) is 0 Å². The predicted molar refractivity (Wildman–Crippen MR) is 109 cm³/mol. The number of alkyl halides is 3. The summed E-state index contributed by atoms with van der Waals surface area (Å²) in [4.78, 5) is 33.7. The molecule has 2 aromatic carbocycles. The number of nitro groups is 1. The number of unbranched alkanes of at least 4 members (excludes halogenated alkanes) is 1. The second-order valence-electron chi connectivity index (χ2n) is 6.79. The van der Waals surface area contributed by atoms with Crippen LogP contribution >= 0.6 is 0 Å². The number of halogens is 3. The highest BCUT2D eigenvalue weighted by molar-refractivity contribution is 5.94. The van der Waals surface area contributed by atoms with E-state index in [0.717, 1.165) is 42.5 Å². The van der Waals surface area contributed by atoms with Crippen LogP contribution in [-0.4, -0.2) is 26.8 Å². The largest absolute Gasteiger partial charge is 0.504 e. The zero-order chi connectivity index (χ0) is 23.9. The molecule has 0 spiro atoms. The fraction of sp³-hybridized carbons (Fsp3) is 0.238. The Labute approximate surface area is 180 Å². The van der Waals surface area contributed by atoms with Crippen LogP contribution in [0, 0.1) is 10.1 Å². The average molecular weight is 452 g/mol. The van der Waals surface area contributed by atoms with Gasteiger partial charge in [-0.15, -0.1) is 0 Å². The molecule has 0 radical (unpaired) electrons. The van der Waals surface area contributed by atoms with Gasteiger partial charge in [0.25, 0.3) is 0 Å². The van der Waals surface area contributed by atoms with E-state index in [9.17, 15) is 43.1 Å². The van der Waals surface area contributed by atoms with Crippen molar-refractivity contribution >= 4 is 29.1 Å². The fourth-order valence-electron chi connectivity index (χ4n) is 2.68. The van der Waals surface area contributed by atoms with Crippen LogP contribution in [0.1, 0.15) is 36.8 Å². The second kappa shape index (κ2) is 10.4. The molecule has 0 heterocycles. The second-order valence-corrected chi connectivity index (χ2v) is 6.79. The third kappa shape index (κ3) is 7.11. The minimum Gasteiger partial charge on any atom is -0.504 e. The number of phenols is 2. The molecule has 2 rings (SSSR count). The molecule has 0 bridgehead atoms. The molecule has 11 heteroatoms. The zero-order valence-corrected chi connectivity index (χ0v) is 16.6. The monoisotopic (exact) mass is 452 g/mol. The van der Waals surface area contributed by atoms with E-state index in [1.165, 1.54) is 6.08 Å². The maximum atomic E-state index is 12.5. The first kappa shape index (κ1) is 24.4. The van der Waals surface area contributed by atoms with Crippen molar-refractivity contribution in [3.05, 3.63) is 63.7 Å². The molecule has 0 aromatic heterocycles. The first-order valence-corrected chi connectivity index (χ1v) is 9.36. The van der Waals surface area contributed by atoms with Gasteiger partial charge in [-0.1, -0.05) is 6.08 Å². The third-order valence-corrected chi connectivity index (χ3v) is 4.32. The van der Waals surface area contributed by atoms with Crippen LogP contribution in [0.3, 0.4) is 0 Å². The maximum Gasteiger partial charge on any atom is 0.416 e. The van der Waals surface area contributed by atoms with E-state index in [4.69, 9.17) is 0 Å². The Hall–Kier alpha value is -3.89. The summed E-state index contributed by atoms with van der Waals surface area (Å²) in [5.41, 5.74) is -1.14. The number of hydrogen-bond acceptors (Lipinski definition) is 6.